The van der Waals surface area contributed by atoms with E-state index in [1.54, 1.807) is 0 Å². The van der Waals surface area contributed by atoms with Gasteiger partial charge in [-0.2, -0.15) is 0 Å². The van der Waals surface area contributed by atoms with Crippen LogP contribution in [0.3, 0.4) is 0 Å². The van der Waals surface area contributed by atoms with Crippen LogP contribution in [0.2, 0.25) is 0 Å². The van der Waals surface area contributed by atoms with Crippen LogP contribution < -0.4 is 14.8 Å². The Labute approximate surface area is 133 Å². The molecule has 0 spiro atoms. The summed E-state index contributed by atoms with van der Waals surface area (Å²) in [5.74, 6) is 1.56. The van der Waals surface area contributed by atoms with E-state index in [1.807, 2.05) is 32.0 Å². The SMILES string of the molecule is CCOc1ccc(CNCCOCCO)cc1OCC.Cl. The highest BCUT2D eigenvalue weighted by molar-refractivity contribution is 5.85. The second kappa shape index (κ2) is 12.7. The van der Waals surface area contributed by atoms with Gasteiger partial charge in [-0.15, -0.1) is 12.4 Å². The molecule has 0 atom stereocenters. The summed E-state index contributed by atoms with van der Waals surface area (Å²) in [5.41, 5.74) is 1.14. The maximum absolute atomic E-state index is 8.58. The lowest BCUT2D eigenvalue weighted by atomic mass is 10.2. The minimum Gasteiger partial charge on any atom is -0.490 e. The summed E-state index contributed by atoms with van der Waals surface area (Å²) in [5, 5.41) is 11.9. The summed E-state index contributed by atoms with van der Waals surface area (Å²) in [7, 11) is 0. The molecule has 0 fully saturated rings. The van der Waals surface area contributed by atoms with Crippen molar-refractivity contribution in [2.45, 2.75) is 20.4 Å². The monoisotopic (exact) mass is 319 g/mol. The number of nitrogens with one attached hydrogen (secondary N) is 1. The zero-order chi connectivity index (χ0) is 14.6. The van der Waals surface area contributed by atoms with Gasteiger partial charge < -0.3 is 24.6 Å². The van der Waals surface area contributed by atoms with Gasteiger partial charge >= 0.3 is 0 Å². The summed E-state index contributed by atoms with van der Waals surface area (Å²) < 4.78 is 16.3. The van der Waals surface area contributed by atoms with Crippen LogP contribution >= 0.6 is 12.4 Å². The van der Waals surface area contributed by atoms with Gasteiger partial charge in [0.05, 0.1) is 33.0 Å². The molecule has 0 bridgehead atoms. The van der Waals surface area contributed by atoms with Crippen LogP contribution in [0.5, 0.6) is 11.5 Å². The molecular formula is C15H26ClNO4. The first-order valence-electron chi connectivity index (χ1n) is 7.09. The average molecular weight is 320 g/mol. The lowest BCUT2D eigenvalue weighted by molar-refractivity contribution is 0.0938. The molecule has 0 heterocycles. The highest BCUT2D eigenvalue weighted by Crippen LogP contribution is 2.28. The number of hydrogen-bond acceptors (Lipinski definition) is 5. The molecule has 0 saturated carbocycles. The van der Waals surface area contributed by atoms with Crippen molar-refractivity contribution in [1.82, 2.24) is 5.32 Å². The lowest BCUT2D eigenvalue weighted by Crippen LogP contribution is -2.20. The summed E-state index contributed by atoms with van der Waals surface area (Å²) in [4.78, 5) is 0. The van der Waals surface area contributed by atoms with Crippen LogP contribution in [-0.4, -0.2) is 44.7 Å². The first-order valence-corrected chi connectivity index (χ1v) is 7.09. The third-order valence-corrected chi connectivity index (χ3v) is 2.60. The number of hydrogen-bond donors (Lipinski definition) is 2. The fourth-order valence-electron chi connectivity index (χ4n) is 1.75. The maximum atomic E-state index is 8.58. The van der Waals surface area contributed by atoms with E-state index in [1.165, 1.54) is 0 Å². The fraction of sp³-hybridized carbons (Fsp3) is 0.600. The van der Waals surface area contributed by atoms with Crippen LogP contribution in [0.4, 0.5) is 0 Å². The Bertz CT molecular complexity index is 377. The minimum atomic E-state index is 0. The number of aliphatic hydroxyl groups is 1. The predicted molar refractivity (Wildman–Crippen MR) is 85.6 cm³/mol. The largest absolute Gasteiger partial charge is 0.490 e. The van der Waals surface area contributed by atoms with Crippen LogP contribution in [0.15, 0.2) is 18.2 Å². The van der Waals surface area contributed by atoms with Gasteiger partial charge in [-0.05, 0) is 31.5 Å². The third-order valence-electron chi connectivity index (χ3n) is 2.60. The first kappa shape index (κ1) is 20.0. The van der Waals surface area contributed by atoms with Gasteiger partial charge in [0.1, 0.15) is 0 Å². The molecule has 6 heteroatoms. The predicted octanol–water partition coefficient (Wildman–Crippen LogP) is 2.00. The van der Waals surface area contributed by atoms with Gasteiger partial charge in [0.25, 0.3) is 0 Å². The van der Waals surface area contributed by atoms with E-state index in [9.17, 15) is 0 Å². The molecule has 122 valence electrons. The first-order chi connectivity index (χ1) is 9.81. The van der Waals surface area contributed by atoms with Crippen LogP contribution in [0.25, 0.3) is 0 Å². The molecule has 0 aromatic heterocycles. The second-order valence-electron chi connectivity index (χ2n) is 4.16. The van der Waals surface area contributed by atoms with Crippen LogP contribution in [0.1, 0.15) is 19.4 Å². The van der Waals surface area contributed by atoms with E-state index >= 15 is 0 Å². The van der Waals surface area contributed by atoms with E-state index in [4.69, 9.17) is 19.3 Å². The van der Waals surface area contributed by atoms with Crippen molar-refractivity contribution in [3.05, 3.63) is 23.8 Å². The molecular weight excluding hydrogens is 294 g/mol. The fourth-order valence-corrected chi connectivity index (χ4v) is 1.75. The van der Waals surface area contributed by atoms with E-state index < -0.39 is 0 Å². The van der Waals surface area contributed by atoms with Crippen LogP contribution in [-0.2, 0) is 11.3 Å². The molecule has 0 aliphatic carbocycles. The Balaban J connectivity index is 0.00000400. The van der Waals surface area contributed by atoms with E-state index in [0.29, 0.717) is 26.4 Å². The van der Waals surface area contributed by atoms with Gasteiger partial charge in [0.2, 0.25) is 0 Å². The van der Waals surface area contributed by atoms with Gasteiger partial charge in [-0.25, -0.2) is 0 Å². The van der Waals surface area contributed by atoms with Gasteiger partial charge in [0, 0.05) is 13.1 Å². The third kappa shape index (κ3) is 8.12. The van der Waals surface area contributed by atoms with Crippen molar-refractivity contribution in [2.24, 2.45) is 0 Å². The van der Waals surface area contributed by atoms with E-state index in [0.717, 1.165) is 30.2 Å². The second-order valence-corrected chi connectivity index (χ2v) is 4.16. The number of rotatable bonds is 11. The Morgan fingerprint density at radius 3 is 2.43 bits per heavy atom. The average Bonchev–Trinajstić information content (AvgIpc) is 2.46. The van der Waals surface area contributed by atoms with Gasteiger partial charge in [-0.3, -0.25) is 0 Å². The molecule has 0 radical (unpaired) electrons. The molecule has 1 rings (SSSR count). The number of benzene rings is 1. The molecule has 1 aromatic carbocycles. The quantitative estimate of drug-likeness (QED) is 0.611. The zero-order valence-electron chi connectivity index (χ0n) is 12.8. The van der Waals surface area contributed by atoms with Crippen molar-refractivity contribution < 1.29 is 19.3 Å². The lowest BCUT2D eigenvalue weighted by Gasteiger charge is -2.13. The molecule has 2 N–H and O–H groups in total. The Morgan fingerprint density at radius 1 is 1.05 bits per heavy atom. The van der Waals surface area contributed by atoms with Crippen LogP contribution in [0, 0.1) is 0 Å². The molecule has 0 saturated heterocycles. The van der Waals surface area contributed by atoms with E-state index in [2.05, 4.69) is 5.32 Å². The Morgan fingerprint density at radius 2 is 1.76 bits per heavy atom. The molecule has 0 aliphatic rings. The molecule has 0 unspecified atom stereocenters. The molecule has 1 aromatic rings. The summed E-state index contributed by atoms with van der Waals surface area (Å²) >= 11 is 0. The standard InChI is InChI=1S/C15H25NO4.ClH/c1-3-19-14-6-5-13(11-15(14)20-4-2)12-16-7-9-18-10-8-17;/h5-6,11,16-17H,3-4,7-10,12H2,1-2H3;1H. The molecule has 0 amide bonds. The van der Waals surface area contributed by atoms with Crippen molar-refractivity contribution >= 4 is 12.4 Å². The summed E-state index contributed by atoms with van der Waals surface area (Å²) in [6.07, 6.45) is 0. The highest BCUT2D eigenvalue weighted by Gasteiger charge is 2.05. The topological polar surface area (TPSA) is 60.0 Å². The molecule has 21 heavy (non-hydrogen) atoms. The highest BCUT2D eigenvalue weighted by atomic mass is 35.5. The number of halogens is 1. The van der Waals surface area contributed by atoms with Gasteiger partial charge in [0.15, 0.2) is 11.5 Å². The smallest absolute Gasteiger partial charge is 0.161 e. The number of aliphatic hydroxyl groups excluding tert-OH is 1. The molecule has 0 aliphatic heterocycles. The Kier molecular flexibility index (Phi) is 12.1. The zero-order valence-corrected chi connectivity index (χ0v) is 13.6. The van der Waals surface area contributed by atoms with Crippen molar-refractivity contribution in [3.8, 4) is 11.5 Å². The number of ether oxygens (including phenoxy) is 3. The summed E-state index contributed by atoms with van der Waals surface area (Å²) in [6, 6.07) is 5.96. The Hall–Kier alpha value is -1.01. The van der Waals surface area contributed by atoms with Crippen molar-refractivity contribution in [2.75, 3.05) is 39.6 Å². The minimum absolute atomic E-state index is 0. The summed E-state index contributed by atoms with van der Waals surface area (Å²) in [6.45, 7) is 7.69. The normalized spacial score (nSPS) is 10.0. The van der Waals surface area contributed by atoms with E-state index in [-0.39, 0.29) is 19.0 Å². The van der Waals surface area contributed by atoms with Crippen molar-refractivity contribution in [3.63, 3.8) is 0 Å². The molecule has 5 nitrogen and oxygen atoms in total. The van der Waals surface area contributed by atoms with Crippen molar-refractivity contribution in [1.29, 1.82) is 0 Å². The van der Waals surface area contributed by atoms with Gasteiger partial charge in [-0.1, -0.05) is 6.07 Å². The maximum Gasteiger partial charge on any atom is 0.161 e.